The molecule has 3 aliphatic rings. The van der Waals surface area contributed by atoms with E-state index in [9.17, 15) is 19.5 Å². The Hall–Kier alpha value is -1.59. The van der Waals surface area contributed by atoms with Crippen molar-refractivity contribution in [2.75, 3.05) is 21.1 Å². The lowest BCUT2D eigenvalue weighted by atomic mass is 9.78. The Morgan fingerprint density at radius 3 is 1.30 bits per heavy atom. The van der Waals surface area contributed by atoms with Crippen molar-refractivity contribution < 1.29 is 33.7 Å². The Morgan fingerprint density at radius 2 is 0.940 bits per heavy atom. The van der Waals surface area contributed by atoms with E-state index < -0.39 is 30.1 Å². The standard InChI is InChI=1S/C40H73N3O7/c1-26(44)17-27(33(46)49-30-22-37(6,7)42(15)38(8,9)23-30)18-28(34(47)50-31-24-39(10,11)43(16)40(12,13)25-31)19-32(45)48-29-20-35(2,3)41(14)36(4,5)21-29/h27-31,34,47H,17-25H2,1-16H3. The molecule has 0 aromatic carbocycles. The van der Waals surface area contributed by atoms with Gasteiger partial charge < -0.3 is 24.1 Å². The lowest BCUT2D eigenvalue weighted by Crippen LogP contribution is -2.60. The van der Waals surface area contributed by atoms with E-state index in [-0.39, 0.29) is 76.6 Å². The van der Waals surface area contributed by atoms with Crippen molar-refractivity contribution in [2.45, 2.75) is 206 Å². The summed E-state index contributed by atoms with van der Waals surface area (Å²) < 4.78 is 18.7. The third kappa shape index (κ3) is 10.3. The van der Waals surface area contributed by atoms with Crippen molar-refractivity contribution >= 4 is 17.7 Å². The second kappa shape index (κ2) is 15.0. The summed E-state index contributed by atoms with van der Waals surface area (Å²) in [5.74, 6) is -2.66. The van der Waals surface area contributed by atoms with Crippen LogP contribution in [0.1, 0.15) is 148 Å². The normalized spacial score (nSPS) is 27.6. The molecule has 290 valence electrons. The first-order chi connectivity index (χ1) is 22.5. The van der Waals surface area contributed by atoms with E-state index in [1.165, 1.54) is 6.92 Å². The molecule has 3 unspecified atom stereocenters. The molecule has 3 rings (SSSR count). The maximum atomic E-state index is 13.9. The third-order valence-corrected chi connectivity index (χ3v) is 13.0. The first-order valence-electron chi connectivity index (χ1n) is 18.9. The average molecular weight is 708 g/mol. The minimum atomic E-state index is -1.34. The number of aliphatic hydroxyl groups is 1. The summed E-state index contributed by atoms with van der Waals surface area (Å²) in [7, 11) is 6.32. The minimum absolute atomic E-state index is 0.0396. The molecule has 0 saturated carbocycles. The number of ether oxygens (including phenoxy) is 3. The lowest BCUT2D eigenvalue weighted by molar-refractivity contribution is -0.206. The van der Waals surface area contributed by atoms with E-state index in [0.717, 1.165) is 0 Å². The van der Waals surface area contributed by atoms with Gasteiger partial charge in [0.15, 0.2) is 6.29 Å². The molecule has 0 aliphatic carbocycles. The van der Waals surface area contributed by atoms with Crippen molar-refractivity contribution in [3.63, 3.8) is 0 Å². The molecule has 3 fully saturated rings. The number of Topliss-reactive ketones (excluding diaryl/α,β-unsaturated/α-hetero) is 1. The average Bonchev–Trinajstić information content (AvgIpc) is 2.91. The zero-order valence-electron chi connectivity index (χ0n) is 34.6. The molecule has 50 heavy (non-hydrogen) atoms. The summed E-state index contributed by atoms with van der Waals surface area (Å²) in [6.07, 6.45) is 1.78. The summed E-state index contributed by atoms with van der Waals surface area (Å²) in [5.41, 5.74) is -1.07. The van der Waals surface area contributed by atoms with Gasteiger partial charge in [0.1, 0.15) is 18.0 Å². The van der Waals surface area contributed by atoms with Crippen LogP contribution in [0.5, 0.6) is 0 Å². The first-order valence-corrected chi connectivity index (χ1v) is 18.9. The van der Waals surface area contributed by atoms with Crippen LogP contribution in [-0.4, -0.2) is 117 Å². The molecule has 3 heterocycles. The number of hydrogen-bond acceptors (Lipinski definition) is 10. The van der Waals surface area contributed by atoms with Gasteiger partial charge in [0, 0.05) is 71.3 Å². The van der Waals surface area contributed by atoms with Crippen molar-refractivity contribution in [3.8, 4) is 0 Å². The Labute approximate surface area is 304 Å². The van der Waals surface area contributed by atoms with Gasteiger partial charge >= 0.3 is 11.9 Å². The number of hydrogen-bond donors (Lipinski definition) is 1. The molecule has 0 radical (unpaired) electrons. The van der Waals surface area contributed by atoms with Gasteiger partial charge in [-0.3, -0.25) is 24.3 Å². The summed E-state index contributed by atoms with van der Waals surface area (Å²) in [5, 5.41) is 11.8. The highest BCUT2D eigenvalue weighted by atomic mass is 16.6. The van der Waals surface area contributed by atoms with E-state index in [1.807, 2.05) is 0 Å². The number of nitrogens with zero attached hydrogens (tertiary/aromatic N) is 3. The number of carbonyl (C=O) groups excluding carboxylic acids is 3. The van der Waals surface area contributed by atoms with E-state index in [0.29, 0.717) is 38.5 Å². The number of piperidine rings is 3. The molecule has 0 spiro atoms. The minimum Gasteiger partial charge on any atom is -0.462 e. The van der Waals surface area contributed by atoms with Crippen molar-refractivity contribution in [1.82, 2.24) is 14.7 Å². The van der Waals surface area contributed by atoms with Crippen LogP contribution >= 0.6 is 0 Å². The number of carbonyl (C=O) groups is 3. The molecule has 0 amide bonds. The Morgan fingerprint density at radius 1 is 0.600 bits per heavy atom. The summed E-state index contributed by atoms with van der Waals surface area (Å²) in [4.78, 5) is 47.3. The van der Waals surface area contributed by atoms with Gasteiger partial charge in [-0.05, 0) is 130 Å². The quantitative estimate of drug-likeness (QED) is 0.182. The SMILES string of the molecule is CC(=O)CC(CC(CC(=O)OC1CC(C)(C)N(C)C(C)(C)C1)C(O)OC1CC(C)(C)N(C)C(C)(C)C1)C(=O)OC1CC(C)(C)N(C)C(C)(C)C1. The zero-order valence-corrected chi connectivity index (χ0v) is 34.6. The highest BCUT2D eigenvalue weighted by molar-refractivity contribution is 5.83. The smallest absolute Gasteiger partial charge is 0.309 e. The fraction of sp³-hybridized carbons (Fsp3) is 0.925. The highest BCUT2D eigenvalue weighted by Gasteiger charge is 2.48. The predicted molar refractivity (Wildman–Crippen MR) is 198 cm³/mol. The maximum absolute atomic E-state index is 13.9. The van der Waals surface area contributed by atoms with Crippen LogP contribution in [0.2, 0.25) is 0 Å². The van der Waals surface area contributed by atoms with Gasteiger partial charge in [0.25, 0.3) is 0 Å². The largest absolute Gasteiger partial charge is 0.462 e. The number of likely N-dealkylation sites (tertiary alicyclic amines) is 3. The van der Waals surface area contributed by atoms with E-state index in [4.69, 9.17) is 14.2 Å². The van der Waals surface area contributed by atoms with Gasteiger partial charge in [0.05, 0.1) is 18.4 Å². The molecule has 0 aromatic heterocycles. The van der Waals surface area contributed by atoms with Crippen LogP contribution in [0.3, 0.4) is 0 Å². The predicted octanol–water partition coefficient (Wildman–Crippen LogP) is 6.35. The Bertz CT molecular complexity index is 1170. The Kier molecular flexibility index (Phi) is 12.9. The number of ketones is 1. The summed E-state index contributed by atoms with van der Waals surface area (Å²) >= 11 is 0. The van der Waals surface area contributed by atoms with Crippen molar-refractivity contribution in [3.05, 3.63) is 0 Å². The summed E-state index contributed by atoms with van der Waals surface area (Å²) in [6.45, 7) is 27.4. The molecule has 3 saturated heterocycles. The van der Waals surface area contributed by atoms with E-state index in [1.54, 1.807) is 0 Å². The van der Waals surface area contributed by atoms with Crippen LogP contribution in [0.4, 0.5) is 0 Å². The van der Waals surface area contributed by atoms with Gasteiger partial charge in [-0.1, -0.05) is 0 Å². The van der Waals surface area contributed by atoms with Crippen LogP contribution in [0, 0.1) is 11.8 Å². The second-order valence-corrected chi connectivity index (χ2v) is 19.9. The molecule has 1 N–H and O–H groups in total. The Balaban J connectivity index is 1.86. The molecule has 3 aliphatic heterocycles. The topological polar surface area (TPSA) is 109 Å². The van der Waals surface area contributed by atoms with Crippen LogP contribution < -0.4 is 0 Å². The molecule has 10 heteroatoms. The van der Waals surface area contributed by atoms with Gasteiger partial charge in [-0.2, -0.15) is 0 Å². The molecule has 10 nitrogen and oxygen atoms in total. The molecular weight excluding hydrogens is 634 g/mol. The number of esters is 2. The fourth-order valence-corrected chi connectivity index (χ4v) is 9.39. The van der Waals surface area contributed by atoms with Gasteiger partial charge in [-0.25, -0.2) is 0 Å². The molecule has 0 bridgehead atoms. The van der Waals surface area contributed by atoms with E-state index >= 15 is 0 Å². The lowest BCUT2D eigenvalue weighted by Gasteiger charge is -2.53. The monoisotopic (exact) mass is 708 g/mol. The summed E-state index contributed by atoms with van der Waals surface area (Å²) in [6, 6.07) is 0. The van der Waals surface area contributed by atoms with Gasteiger partial charge in [-0.15, -0.1) is 0 Å². The second-order valence-electron chi connectivity index (χ2n) is 19.9. The molecule has 3 atom stereocenters. The van der Waals surface area contributed by atoms with Crippen LogP contribution in [0.25, 0.3) is 0 Å². The van der Waals surface area contributed by atoms with Crippen LogP contribution in [-0.2, 0) is 28.6 Å². The number of rotatable bonds is 12. The van der Waals surface area contributed by atoms with Crippen molar-refractivity contribution in [1.29, 1.82) is 0 Å². The van der Waals surface area contributed by atoms with Crippen molar-refractivity contribution in [2.24, 2.45) is 11.8 Å². The van der Waals surface area contributed by atoms with Gasteiger partial charge in [0.2, 0.25) is 0 Å². The molecule has 0 aromatic rings. The maximum Gasteiger partial charge on any atom is 0.309 e. The van der Waals surface area contributed by atoms with E-state index in [2.05, 4.69) is 119 Å². The van der Waals surface area contributed by atoms with Crippen LogP contribution in [0.15, 0.2) is 0 Å². The number of aliphatic hydroxyl groups excluding tert-OH is 1. The first kappa shape index (κ1) is 42.8. The highest BCUT2D eigenvalue weighted by Crippen LogP contribution is 2.42. The third-order valence-electron chi connectivity index (χ3n) is 13.0. The molecular formula is C40H73N3O7. The fourth-order valence-electron chi connectivity index (χ4n) is 9.39. The zero-order chi connectivity index (χ0) is 38.4.